The number of carboxylic acids is 1. The molecule has 1 fully saturated rings. The van der Waals surface area contributed by atoms with Gasteiger partial charge < -0.3 is 15.2 Å². The molecular weight excluding hydrogens is 298 g/mol. The van der Waals surface area contributed by atoms with Crippen LogP contribution in [0.1, 0.15) is 19.3 Å². The lowest BCUT2D eigenvalue weighted by Gasteiger charge is -2.24. The topological polar surface area (TPSA) is 58.6 Å². The van der Waals surface area contributed by atoms with Crippen molar-refractivity contribution in [2.24, 2.45) is 0 Å². The molecule has 0 aliphatic carbocycles. The zero-order valence-electron chi connectivity index (χ0n) is 9.99. The van der Waals surface area contributed by atoms with E-state index in [2.05, 4.69) is 21.2 Å². The van der Waals surface area contributed by atoms with E-state index in [1.807, 2.05) is 24.3 Å². The number of hydrogen-bond donors (Lipinski definition) is 2. The van der Waals surface area contributed by atoms with Gasteiger partial charge in [0.05, 0.1) is 6.61 Å². The number of halogens is 1. The Bertz CT molecular complexity index is 413. The van der Waals surface area contributed by atoms with Crippen LogP contribution in [0.4, 0.5) is 0 Å². The van der Waals surface area contributed by atoms with Crippen molar-refractivity contribution in [2.45, 2.75) is 24.8 Å². The molecule has 0 amide bonds. The van der Waals surface area contributed by atoms with Crippen molar-refractivity contribution in [3.05, 3.63) is 28.7 Å². The maximum Gasteiger partial charge on any atom is 0.324 e. The molecule has 1 unspecified atom stereocenters. The van der Waals surface area contributed by atoms with E-state index in [-0.39, 0.29) is 0 Å². The molecule has 2 rings (SSSR count). The summed E-state index contributed by atoms with van der Waals surface area (Å²) in [6, 6.07) is 7.52. The molecule has 5 heteroatoms. The number of hydrogen-bond acceptors (Lipinski definition) is 3. The summed E-state index contributed by atoms with van der Waals surface area (Å²) < 4.78 is 6.57. The van der Waals surface area contributed by atoms with E-state index in [0.717, 1.165) is 23.2 Å². The van der Waals surface area contributed by atoms with E-state index in [1.165, 1.54) is 0 Å². The van der Waals surface area contributed by atoms with Crippen molar-refractivity contribution < 1.29 is 14.6 Å². The van der Waals surface area contributed by atoms with Gasteiger partial charge in [0.25, 0.3) is 0 Å². The first-order valence-corrected chi connectivity index (χ1v) is 6.78. The molecule has 0 bridgehead atoms. The van der Waals surface area contributed by atoms with Crippen LogP contribution in [-0.4, -0.2) is 29.8 Å². The zero-order chi connectivity index (χ0) is 13.0. The molecule has 1 saturated heterocycles. The molecule has 1 heterocycles. The molecule has 1 aliphatic heterocycles. The predicted octanol–water partition coefficient (Wildman–Crippen LogP) is 2.42. The molecule has 0 spiro atoms. The fourth-order valence-electron chi connectivity index (χ4n) is 2.18. The molecule has 98 valence electrons. The molecule has 0 aromatic heterocycles. The first kappa shape index (κ1) is 13.4. The second-order valence-electron chi connectivity index (χ2n) is 4.47. The van der Waals surface area contributed by atoms with Crippen LogP contribution in [0.25, 0.3) is 0 Å². The fraction of sp³-hybridized carbons (Fsp3) is 0.462. The number of nitrogens with one attached hydrogen (secondary N) is 1. The van der Waals surface area contributed by atoms with Gasteiger partial charge in [-0.15, -0.1) is 0 Å². The average molecular weight is 314 g/mol. The van der Waals surface area contributed by atoms with Gasteiger partial charge in [-0.05, 0) is 43.7 Å². The Kier molecular flexibility index (Phi) is 4.24. The lowest BCUT2D eigenvalue weighted by Crippen LogP contribution is -2.48. The van der Waals surface area contributed by atoms with Gasteiger partial charge in [-0.3, -0.25) is 4.79 Å². The van der Waals surface area contributed by atoms with Crippen molar-refractivity contribution in [3.8, 4) is 5.75 Å². The second kappa shape index (κ2) is 5.71. The summed E-state index contributed by atoms with van der Waals surface area (Å²) in [7, 11) is 0. The minimum Gasteiger partial charge on any atom is -0.494 e. The van der Waals surface area contributed by atoms with Gasteiger partial charge in [-0.1, -0.05) is 15.9 Å². The molecule has 1 aliphatic rings. The van der Waals surface area contributed by atoms with E-state index in [1.54, 1.807) is 0 Å². The predicted molar refractivity (Wildman–Crippen MR) is 71.9 cm³/mol. The largest absolute Gasteiger partial charge is 0.494 e. The summed E-state index contributed by atoms with van der Waals surface area (Å²) in [5.74, 6) is -0.0175. The van der Waals surface area contributed by atoms with E-state index in [4.69, 9.17) is 4.74 Å². The average Bonchev–Trinajstić information content (AvgIpc) is 2.82. The third-order valence-corrected chi connectivity index (χ3v) is 3.79. The normalized spacial score (nSPS) is 22.9. The third-order valence-electron chi connectivity index (χ3n) is 3.26. The smallest absolute Gasteiger partial charge is 0.324 e. The molecule has 4 nitrogen and oxygen atoms in total. The standard InChI is InChI=1S/C13H16BrNO3/c14-10-2-4-11(5-3-10)18-9-7-13(12(16)17)6-1-8-15-13/h2-5,15H,1,6-9H2,(H,16,17). The molecule has 0 radical (unpaired) electrons. The molecule has 0 saturated carbocycles. The van der Waals surface area contributed by atoms with Gasteiger partial charge in [-0.2, -0.15) is 0 Å². The van der Waals surface area contributed by atoms with Crippen LogP contribution in [-0.2, 0) is 4.79 Å². The quantitative estimate of drug-likeness (QED) is 0.876. The Hall–Kier alpha value is -1.07. The van der Waals surface area contributed by atoms with Gasteiger partial charge in [0.2, 0.25) is 0 Å². The number of carbonyl (C=O) groups is 1. The highest BCUT2D eigenvalue weighted by molar-refractivity contribution is 9.10. The van der Waals surface area contributed by atoms with Crippen LogP contribution in [0.5, 0.6) is 5.75 Å². The molecule has 1 aromatic rings. The van der Waals surface area contributed by atoms with Crippen molar-refractivity contribution in [3.63, 3.8) is 0 Å². The van der Waals surface area contributed by atoms with Crippen LogP contribution in [0, 0.1) is 0 Å². The van der Waals surface area contributed by atoms with E-state index < -0.39 is 11.5 Å². The van der Waals surface area contributed by atoms with Gasteiger partial charge in [0.1, 0.15) is 11.3 Å². The number of rotatable bonds is 5. The minimum atomic E-state index is -0.796. The van der Waals surface area contributed by atoms with Crippen molar-refractivity contribution >= 4 is 21.9 Å². The SMILES string of the molecule is O=C(O)C1(CCOc2ccc(Br)cc2)CCCN1. The van der Waals surface area contributed by atoms with Gasteiger partial charge in [0, 0.05) is 10.9 Å². The van der Waals surface area contributed by atoms with Crippen LogP contribution in [0.15, 0.2) is 28.7 Å². The van der Waals surface area contributed by atoms with Crippen LogP contribution >= 0.6 is 15.9 Å². The lowest BCUT2D eigenvalue weighted by molar-refractivity contribution is -0.144. The molecule has 2 N–H and O–H groups in total. The molecule has 18 heavy (non-hydrogen) atoms. The lowest BCUT2D eigenvalue weighted by atomic mass is 9.94. The van der Waals surface area contributed by atoms with E-state index in [0.29, 0.717) is 19.4 Å². The highest BCUT2D eigenvalue weighted by Gasteiger charge is 2.40. The van der Waals surface area contributed by atoms with Crippen molar-refractivity contribution in [2.75, 3.05) is 13.2 Å². The number of aliphatic carboxylic acids is 1. The minimum absolute atomic E-state index is 0.404. The number of benzene rings is 1. The Morgan fingerprint density at radius 1 is 1.44 bits per heavy atom. The Balaban J connectivity index is 1.87. The van der Waals surface area contributed by atoms with Gasteiger partial charge in [0.15, 0.2) is 0 Å². The maximum atomic E-state index is 11.3. The summed E-state index contributed by atoms with van der Waals surface area (Å²) in [4.78, 5) is 11.3. The maximum absolute atomic E-state index is 11.3. The number of carboxylic acid groups (broad SMARTS) is 1. The van der Waals surface area contributed by atoms with E-state index in [9.17, 15) is 9.90 Å². The monoisotopic (exact) mass is 313 g/mol. The van der Waals surface area contributed by atoms with E-state index >= 15 is 0 Å². The zero-order valence-corrected chi connectivity index (χ0v) is 11.6. The highest BCUT2D eigenvalue weighted by atomic mass is 79.9. The number of ether oxygens (including phenoxy) is 1. The van der Waals surface area contributed by atoms with Crippen LogP contribution in [0.3, 0.4) is 0 Å². The van der Waals surface area contributed by atoms with Crippen LogP contribution in [0.2, 0.25) is 0 Å². The van der Waals surface area contributed by atoms with Crippen LogP contribution < -0.4 is 10.1 Å². The summed E-state index contributed by atoms with van der Waals surface area (Å²) >= 11 is 3.35. The van der Waals surface area contributed by atoms with Crippen molar-refractivity contribution in [1.29, 1.82) is 0 Å². The summed E-state index contributed by atoms with van der Waals surface area (Å²) in [5.41, 5.74) is -0.796. The van der Waals surface area contributed by atoms with Crippen molar-refractivity contribution in [1.82, 2.24) is 5.32 Å². The Morgan fingerprint density at radius 2 is 2.17 bits per heavy atom. The van der Waals surface area contributed by atoms with Gasteiger partial charge >= 0.3 is 5.97 Å². The second-order valence-corrected chi connectivity index (χ2v) is 5.39. The molecule has 1 atom stereocenters. The Morgan fingerprint density at radius 3 is 2.72 bits per heavy atom. The fourth-order valence-corrected chi connectivity index (χ4v) is 2.45. The summed E-state index contributed by atoms with van der Waals surface area (Å²) in [6.45, 7) is 1.17. The first-order chi connectivity index (χ1) is 8.62. The molecular formula is C13H16BrNO3. The first-order valence-electron chi connectivity index (χ1n) is 5.99. The summed E-state index contributed by atoms with van der Waals surface area (Å²) in [5, 5.41) is 12.4. The Labute approximate surface area is 114 Å². The van der Waals surface area contributed by atoms with Gasteiger partial charge in [-0.25, -0.2) is 0 Å². The third kappa shape index (κ3) is 3.03. The summed E-state index contributed by atoms with van der Waals surface area (Å²) in [6.07, 6.45) is 2.06. The molecule has 1 aromatic carbocycles. The highest BCUT2D eigenvalue weighted by Crippen LogP contribution is 2.24.